The topological polar surface area (TPSA) is 75.3 Å². The second kappa shape index (κ2) is 8.99. The van der Waals surface area contributed by atoms with E-state index in [0.717, 1.165) is 29.0 Å². The molecular formula is C27H30N2O3. The van der Waals surface area contributed by atoms with Gasteiger partial charge >= 0.3 is 0 Å². The van der Waals surface area contributed by atoms with Gasteiger partial charge in [0.1, 0.15) is 5.78 Å². The molecule has 5 heteroatoms. The molecule has 0 aromatic heterocycles. The number of carbonyl (C=O) groups is 3. The van der Waals surface area contributed by atoms with E-state index in [2.05, 4.69) is 10.6 Å². The van der Waals surface area contributed by atoms with Gasteiger partial charge in [-0.15, -0.1) is 0 Å². The van der Waals surface area contributed by atoms with E-state index in [0.29, 0.717) is 36.9 Å². The summed E-state index contributed by atoms with van der Waals surface area (Å²) in [7, 11) is 0. The van der Waals surface area contributed by atoms with Crippen LogP contribution >= 0.6 is 0 Å². The van der Waals surface area contributed by atoms with Crippen LogP contribution in [0.15, 0.2) is 48.5 Å². The number of hydrogen-bond donors (Lipinski definition) is 2. The molecule has 32 heavy (non-hydrogen) atoms. The summed E-state index contributed by atoms with van der Waals surface area (Å²) in [6.07, 6.45) is 5.17. The molecule has 5 nitrogen and oxygen atoms in total. The van der Waals surface area contributed by atoms with Crippen molar-refractivity contribution in [1.29, 1.82) is 0 Å². The molecule has 3 aliphatic carbocycles. The molecule has 4 unspecified atom stereocenters. The Balaban J connectivity index is 1.07. The zero-order chi connectivity index (χ0) is 22.1. The van der Waals surface area contributed by atoms with Crippen LogP contribution < -0.4 is 10.6 Å². The molecule has 0 radical (unpaired) electrons. The fourth-order valence-corrected chi connectivity index (χ4v) is 5.88. The summed E-state index contributed by atoms with van der Waals surface area (Å²) < 4.78 is 0. The third-order valence-corrected chi connectivity index (χ3v) is 7.61. The first-order valence-corrected chi connectivity index (χ1v) is 11.8. The summed E-state index contributed by atoms with van der Waals surface area (Å²) in [4.78, 5) is 37.3. The average molecular weight is 431 g/mol. The van der Waals surface area contributed by atoms with Crippen LogP contribution in [0.4, 0.5) is 0 Å². The van der Waals surface area contributed by atoms with E-state index in [1.165, 1.54) is 19.3 Å². The lowest BCUT2D eigenvalue weighted by Crippen LogP contribution is -2.31. The van der Waals surface area contributed by atoms with Crippen LogP contribution in [0.3, 0.4) is 0 Å². The highest BCUT2D eigenvalue weighted by Crippen LogP contribution is 2.48. The number of ketones is 2. The lowest BCUT2D eigenvalue weighted by molar-refractivity contribution is -0.123. The first-order valence-electron chi connectivity index (χ1n) is 11.8. The number of rotatable bonds is 8. The number of carbonyl (C=O) groups excluding carboxylic acids is 3. The highest BCUT2D eigenvalue weighted by atomic mass is 16.2. The van der Waals surface area contributed by atoms with Crippen LogP contribution in [0.25, 0.3) is 0 Å². The first kappa shape index (κ1) is 21.1. The molecule has 0 saturated heterocycles. The van der Waals surface area contributed by atoms with Gasteiger partial charge < -0.3 is 10.6 Å². The summed E-state index contributed by atoms with van der Waals surface area (Å²) in [6, 6.07) is 15.4. The zero-order valence-corrected chi connectivity index (χ0v) is 18.3. The molecule has 0 aliphatic heterocycles. The maximum Gasteiger partial charge on any atom is 0.228 e. The molecule has 4 atom stereocenters. The predicted octanol–water partition coefficient (Wildman–Crippen LogP) is 3.77. The van der Waals surface area contributed by atoms with Gasteiger partial charge in [0.25, 0.3) is 0 Å². The molecule has 0 spiro atoms. The molecule has 2 fully saturated rings. The number of amides is 1. The molecule has 1 amide bonds. The molecule has 2 N–H and O–H groups in total. The second-order valence-corrected chi connectivity index (χ2v) is 9.65. The summed E-state index contributed by atoms with van der Waals surface area (Å²) in [5.41, 5.74) is 3.63. The van der Waals surface area contributed by atoms with E-state index in [-0.39, 0.29) is 24.0 Å². The van der Waals surface area contributed by atoms with Crippen molar-refractivity contribution >= 4 is 17.5 Å². The third kappa shape index (κ3) is 4.26. The van der Waals surface area contributed by atoms with Gasteiger partial charge in [0.05, 0.1) is 12.5 Å². The van der Waals surface area contributed by atoms with E-state index in [1.807, 2.05) is 42.5 Å². The molecule has 2 saturated carbocycles. The molecule has 2 aromatic carbocycles. The Morgan fingerprint density at radius 3 is 2.38 bits per heavy atom. The smallest absolute Gasteiger partial charge is 0.228 e. The molecular weight excluding hydrogens is 400 g/mol. The van der Waals surface area contributed by atoms with E-state index >= 15 is 0 Å². The minimum Gasteiger partial charge on any atom is -0.351 e. The van der Waals surface area contributed by atoms with Crippen molar-refractivity contribution in [3.05, 3.63) is 70.8 Å². The summed E-state index contributed by atoms with van der Waals surface area (Å²) >= 11 is 0. The largest absolute Gasteiger partial charge is 0.351 e. The number of fused-ring (bicyclic) bond motifs is 3. The van der Waals surface area contributed by atoms with Crippen LogP contribution in [0.2, 0.25) is 0 Å². The van der Waals surface area contributed by atoms with Gasteiger partial charge in [-0.2, -0.15) is 0 Å². The molecule has 166 valence electrons. The molecule has 0 heterocycles. The first-order chi connectivity index (χ1) is 15.6. The molecule has 2 aromatic rings. The lowest BCUT2D eigenvalue weighted by atomic mass is 9.85. The van der Waals surface area contributed by atoms with Crippen LogP contribution in [-0.4, -0.2) is 24.0 Å². The van der Waals surface area contributed by atoms with Gasteiger partial charge in [-0.05, 0) is 47.8 Å². The average Bonchev–Trinajstić information content (AvgIpc) is 3.53. The Morgan fingerprint density at radius 1 is 0.906 bits per heavy atom. The van der Waals surface area contributed by atoms with Crippen molar-refractivity contribution < 1.29 is 14.4 Å². The lowest BCUT2D eigenvalue weighted by Gasteiger charge is -2.20. The Bertz CT molecular complexity index is 1030. The molecule has 2 bridgehead atoms. The normalized spacial score (nSPS) is 25.7. The number of nitrogens with one attached hydrogen (secondary N) is 2. The van der Waals surface area contributed by atoms with Crippen molar-refractivity contribution in [1.82, 2.24) is 10.6 Å². The monoisotopic (exact) mass is 430 g/mol. The fraction of sp³-hybridized carbons (Fsp3) is 0.444. The summed E-state index contributed by atoms with van der Waals surface area (Å²) in [6.45, 7) is 1.55. The Labute approximate surface area is 189 Å². The second-order valence-electron chi connectivity index (χ2n) is 9.65. The van der Waals surface area contributed by atoms with Crippen LogP contribution in [0, 0.1) is 17.8 Å². The minimum atomic E-state index is -0.394. The Hall–Kier alpha value is -2.79. The summed E-state index contributed by atoms with van der Waals surface area (Å²) in [5.74, 6) is 1.64. The minimum absolute atomic E-state index is 0.0384. The number of Topliss-reactive ketones (excluding diaryl/α,β-unsaturated/α-hetero) is 2. The van der Waals surface area contributed by atoms with E-state index < -0.39 is 5.92 Å². The molecule has 3 aliphatic rings. The van der Waals surface area contributed by atoms with Gasteiger partial charge in [-0.25, -0.2) is 0 Å². The van der Waals surface area contributed by atoms with Crippen molar-refractivity contribution in [2.45, 2.75) is 51.1 Å². The number of hydrogen-bond acceptors (Lipinski definition) is 4. The van der Waals surface area contributed by atoms with Crippen LogP contribution in [0.1, 0.15) is 65.1 Å². The Morgan fingerprint density at radius 2 is 1.66 bits per heavy atom. The van der Waals surface area contributed by atoms with Crippen LogP contribution in [-0.2, 0) is 22.7 Å². The zero-order valence-electron chi connectivity index (χ0n) is 18.3. The van der Waals surface area contributed by atoms with Crippen molar-refractivity contribution in [3.8, 4) is 0 Å². The van der Waals surface area contributed by atoms with Gasteiger partial charge in [-0.3, -0.25) is 14.4 Å². The quantitative estimate of drug-likeness (QED) is 0.669. The Kier molecular flexibility index (Phi) is 5.92. The highest BCUT2D eigenvalue weighted by molar-refractivity contribution is 6.06. The van der Waals surface area contributed by atoms with Gasteiger partial charge in [0.15, 0.2) is 5.78 Å². The van der Waals surface area contributed by atoms with Crippen molar-refractivity contribution in [2.24, 2.45) is 17.8 Å². The number of benzene rings is 2. The van der Waals surface area contributed by atoms with E-state index in [9.17, 15) is 14.4 Å². The standard InChI is InChI=1S/C27H30N2O3/c30-25-13-24(21-3-1-2-4-22(21)25)27(32)29-15-18-7-5-17(6-8-18)14-28-16-26(31)23-12-19-9-10-20(23)11-19/h1-8,19-20,23-24,28H,9-16H2,(H,29,32). The fourth-order valence-electron chi connectivity index (χ4n) is 5.88. The maximum absolute atomic E-state index is 12.7. The van der Waals surface area contributed by atoms with Crippen LogP contribution in [0.5, 0.6) is 0 Å². The maximum atomic E-state index is 12.7. The van der Waals surface area contributed by atoms with Gasteiger partial charge in [0.2, 0.25) is 5.91 Å². The summed E-state index contributed by atoms with van der Waals surface area (Å²) in [5, 5.41) is 6.28. The van der Waals surface area contributed by atoms with Crippen molar-refractivity contribution in [3.63, 3.8) is 0 Å². The van der Waals surface area contributed by atoms with E-state index in [1.54, 1.807) is 6.07 Å². The SMILES string of the molecule is O=C1CC(C(=O)NCc2ccc(CNCC(=O)C3CC4CCC3C4)cc2)c2ccccc21. The van der Waals surface area contributed by atoms with Crippen molar-refractivity contribution in [2.75, 3.05) is 6.54 Å². The van der Waals surface area contributed by atoms with Gasteiger partial charge in [-0.1, -0.05) is 55.0 Å². The van der Waals surface area contributed by atoms with Gasteiger partial charge in [0, 0.05) is 31.0 Å². The molecule has 5 rings (SSSR count). The van der Waals surface area contributed by atoms with E-state index in [4.69, 9.17) is 0 Å². The highest BCUT2D eigenvalue weighted by Gasteiger charge is 2.42. The predicted molar refractivity (Wildman–Crippen MR) is 122 cm³/mol. The third-order valence-electron chi connectivity index (χ3n) is 7.61.